The van der Waals surface area contributed by atoms with Crippen molar-refractivity contribution in [3.63, 3.8) is 0 Å². The van der Waals surface area contributed by atoms with Crippen molar-refractivity contribution in [2.45, 2.75) is 51.9 Å². The molecule has 7 heteroatoms. The number of amides is 1. The number of Topliss-reactive ketones (excluding diaryl/α,β-unsaturated/α-hetero) is 2. The summed E-state index contributed by atoms with van der Waals surface area (Å²) >= 11 is 5.99. The van der Waals surface area contributed by atoms with Crippen LogP contribution >= 0.6 is 11.6 Å². The van der Waals surface area contributed by atoms with Gasteiger partial charge in [-0.3, -0.25) is 14.4 Å². The summed E-state index contributed by atoms with van der Waals surface area (Å²) in [5, 5.41) is 7.69. The molecule has 2 unspecified atom stereocenters. The number of rotatable bonds is 7. The summed E-state index contributed by atoms with van der Waals surface area (Å²) in [5.74, 6) is -1.08. The smallest absolute Gasteiger partial charge is 0.220 e. The van der Waals surface area contributed by atoms with Gasteiger partial charge < -0.3 is 5.32 Å². The van der Waals surface area contributed by atoms with Gasteiger partial charge in [-0.25, -0.2) is 4.68 Å². The van der Waals surface area contributed by atoms with Crippen LogP contribution in [0.2, 0.25) is 5.02 Å². The maximum atomic E-state index is 13.1. The number of nitrogens with one attached hydrogen (secondary N) is 1. The van der Waals surface area contributed by atoms with Gasteiger partial charge in [0.15, 0.2) is 5.78 Å². The molecule has 2 aliphatic rings. The highest BCUT2D eigenvalue weighted by molar-refractivity contribution is 6.30. The summed E-state index contributed by atoms with van der Waals surface area (Å²) in [5.41, 5.74) is 3.45. The topological polar surface area (TPSA) is 81.1 Å². The molecule has 0 aliphatic heterocycles. The third kappa shape index (κ3) is 4.19. The summed E-state index contributed by atoms with van der Waals surface area (Å²) in [6.45, 7) is 4.60. The minimum atomic E-state index is -0.781. The molecule has 1 aromatic carbocycles. The van der Waals surface area contributed by atoms with Crippen molar-refractivity contribution in [3.05, 3.63) is 46.2 Å². The zero-order valence-electron chi connectivity index (χ0n) is 17.3. The van der Waals surface area contributed by atoms with Gasteiger partial charge in [0.2, 0.25) is 5.91 Å². The zero-order chi connectivity index (χ0) is 21.4. The molecule has 2 aliphatic carbocycles. The van der Waals surface area contributed by atoms with E-state index in [4.69, 9.17) is 11.6 Å². The maximum absolute atomic E-state index is 13.1. The third-order valence-corrected chi connectivity index (χ3v) is 6.31. The quantitative estimate of drug-likeness (QED) is 0.685. The lowest BCUT2D eigenvalue weighted by atomic mass is 9.85. The molecular formula is C23H26ClN3O3. The summed E-state index contributed by atoms with van der Waals surface area (Å²) in [6.07, 6.45) is 6.52. The Bertz CT molecular complexity index is 1010. The Morgan fingerprint density at radius 1 is 1.30 bits per heavy atom. The average Bonchev–Trinajstić information content (AvgIpc) is 3.38. The average molecular weight is 428 g/mol. The van der Waals surface area contributed by atoms with Crippen LogP contribution in [0, 0.1) is 18.8 Å². The first-order valence-corrected chi connectivity index (χ1v) is 10.9. The molecular weight excluding hydrogens is 402 g/mol. The fourth-order valence-corrected chi connectivity index (χ4v) is 4.47. The molecule has 0 radical (unpaired) electrons. The second kappa shape index (κ2) is 8.34. The molecule has 0 saturated heterocycles. The summed E-state index contributed by atoms with van der Waals surface area (Å²) in [6, 6.07) is 3.88. The molecule has 158 valence electrons. The molecule has 1 amide bonds. The number of benzene rings is 1. The van der Waals surface area contributed by atoms with Gasteiger partial charge in [-0.05, 0) is 60.9 Å². The molecule has 6 nitrogen and oxygen atoms in total. The van der Waals surface area contributed by atoms with Crippen LogP contribution in [0.15, 0.2) is 24.5 Å². The van der Waals surface area contributed by atoms with Crippen LogP contribution in [0.1, 0.15) is 55.2 Å². The zero-order valence-corrected chi connectivity index (χ0v) is 18.0. The number of nitrogens with zero attached hydrogens (tertiary/aromatic N) is 2. The van der Waals surface area contributed by atoms with Crippen molar-refractivity contribution in [1.29, 1.82) is 0 Å². The molecule has 1 aromatic heterocycles. The van der Waals surface area contributed by atoms with Gasteiger partial charge >= 0.3 is 0 Å². The summed E-state index contributed by atoms with van der Waals surface area (Å²) in [4.78, 5) is 38.2. The summed E-state index contributed by atoms with van der Waals surface area (Å²) in [7, 11) is 0. The van der Waals surface area contributed by atoms with Crippen LogP contribution < -0.4 is 5.32 Å². The van der Waals surface area contributed by atoms with Crippen molar-refractivity contribution >= 4 is 29.1 Å². The molecule has 0 spiro atoms. The van der Waals surface area contributed by atoms with E-state index in [0.717, 1.165) is 35.2 Å². The molecule has 1 heterocycles. The van der Waals surface area contributed by atoms with Gasteiger partial charge in [0.1, 0.15) is 11.7 Å². The van der Waals surface area contributed by atoms with Gasteiger partial charge in [-0.15, -0.1) is 0 Å². The van der Waals surface area contributed by atoms with Crippen LogP contribution in [0.3, 0.4) is 0 Å². The van der Waals surface area contributed by atoms with Crippen LogP contribution in [0.5, 0.6) is 0 Å². The van der Waals surface area contributed by atoms with Gasteiger partial charge in [-0.2, -0.15) is 5.10 Å². The fraction of sp³-hybridized carbons (Fsp3) is 0.478. The second-order valence-corrected chi connectivity index (χ2v) is 8.88. The Balaban J connectivity index is 1.57. The number of carbonyl (C=O) groups excluding carboxylic acids is 3. The molecule has 30 heavy (non-hydrogen) atoms. The van der Waals surface area contributed by atoms with Crippen LogP contribution in [-0.2, 0) is 20.8 Å². The van der Waals surface area contributed by atoms with Crippen LogP contribution in [-0.4, -0.2) is 33.8 Å². The molecule has 4 rings (SSSR count). The first kappa shape index (κ1) is 20.8. The lowest BCUT2D eigenvalue weighted by Crippen LogP contribution is -2.29. The Kier molecular flexibility index (Phi) is 5.78. The first-order chi connectivity index (χ1) is 14.4. The van der Waals surface area contributed by atoms with Crippen LogP contribution in [0.4, 0.5) is 0 Å². The minimum absolute atomic E-state index is 0.0901. The number of aromatic nitrogens is 2. The molecule has 2 atom stereocenters. The Hall–Kier alpha value is -2.47. The fourth-order valence-electron chi connectivity index (χ4n) is 4.34. The lowest BCUT2D eigenvalue weighted by Gasteiger charge is -2.18. The molecule has 1 N–H and O–H groups in total. The van der Waals surface area contributed by atoms with E-state index in [2.05, 4.69) is 10.4 Å². The maximum Gasteiger partial charge on any atom is 0.220 e. The van der Waals surface area contributed by atoms with Gasteiger partial charge in [0, 0.05) is 31.5 Å². The first-order valence-electron chi connectivity index (χ1n) is 10.5. The SMILES string of the molecule is CCc1cc(-n2cc(Cl)cn2)cc(C)c1C1C(=O)CC(CC(=O)NCC2CC2)C1=O. The number of hydrogen-bond donors (Lipinski definition) is 1. The number of hydrogen-bond acceptors (Lipinski definition) is 4. The van der Waals surface area contributed by atoms with Gasteiger partial charge in [0.05, 0.1) is 16.9 Å². The van der Waals surface area contributed by atoms with E-state index >= 15 is 0 Å². The third-order valence-electron chi connectivity index (χ3n) is 6.12. The lowest BCUT2D eigenvalue weighted by molar-refractivity contribution is -0.128. The van der Waals surface area contributed by atoms with E-state index in [1.807, 2.05) is 26.0 Å². The predicted molar refractivity (Wildman–Crippen MR) is 114 cm³/mol. The van der Waals surface area contributed by atoms with Crippen molar-refractivity contribution in [1.82, 2.24) is 15.1 Å². The van der Waals surface area contributed by atoms with Gasteiger partial charge in [0.25, 0.3) is 0 Å². The number of halogens is 1. The molecule has 2 saturated carbocycles. The van der Waals surface area contributed by atoms with Crippen molar-refractivity contribution in [3.8, 4) is 5.69 Å². The largest absolute Gasteiger partial charge is 0.356 e. The van der Waals surface area contributed by atoms with E-state index in [9.17, 15) is 14.4 Å². The van der Waals surface area contributed by atoms with E-state index in [0.29, 0.717) is 23.9 Å². The minimum Gasteiger partial charge on any atom is -0.356 e. The number of carbonyl (C=O) groups is 3. The van der Waals surface area contributed by atoms with E-state index in [1.54, 1.807) is 17.1 Å². The van der Waals surface area contributed by atoms with Crippen molar-refractivity contribution < 1.29 is 14.4 Å². The Morgan fingerprint density at radius 2 is 2.07 bits per heavy atom. The molecule has 2 fully saturated rings. The Morgan fingerprint density at radius 3 is 2.70 bits per heavy atom. The van der Waals surface area contributed by atoms with Crippen molar-refractivity contribution in [2.75, 3.05) is 6.54 Å². The van der Waals surface area contributed by atoms with Gasteiger partial charge in [-0.1, -0.05) is 18.5 Å². The highest BCUT2D eigenvalue weighted by Gasteiger charge is 2.44. The number of ketones is 2. The molecule has 0 bridgehead atoms. The number of aryl methyl sites for hydroxylation is 2. The van der Waals surface area contributed by atoms with Crippen molar-refractivity contribution in [2.24, 2.45) is 11.8 Å². The molecule has 2 aromatic rings. The van der Waals surface area contributed by atoms with E-state index in [-0.39, 0.29) is 30.3 Å². The standard InChI is InChI=1S/C23H26ClN3O3/c1-3-15-7-18(27-12-17(24)11-26-27)6-13(2)21(15)22-19(28)8-16(23(22)30)9-20(29)25-10-14-4-5-14/h6-7,11-12,14,16,22H,3-5,8-10H2,1-2H3,(H,25,29). The normalized spacial score (nSPS) is 21.3. The van der Waals surface area contributed by atoms with E-state index < -0.39 is 11.8 Å². The Labute approximate surface area is 181 Å². The predicted octanol–water partition coefficient (Wildman–Crippen LogP) is 3.55. The van der Waals surface area contributed by atoms with Crippen LogP contribution in [0.25, 0.3) is 5.69 Å². The highest BCUT2D eigenvalue weighted by Crippen LogP contribution is 2.38. The summed E-state index contributed by atoms with van der Waals surface area (Å²) < 4.78 is 1.68. The second-order valence-electron chi connectivity index (χ2n) is 8.45. The monoisotopic (exact) mass is 427 g/mol. The highest BCUT2D eigenvalue weighted by atomic mass is 35.5. The van der Waals surface area contributed by atoms with E-state index in [1.165, 1.54) is 0 Å².